The zero-order valence-electron chi connectivity index (χ0n) is 14.5. The maximum absolute atomic E-state index is 13.4. The number of benzene rings is 1. The third kappa shape index (κ3) is 5.01. The van der Waals surface area contributed by atoms with Crippen LogP contribution < -0.4 is 10.6 Å². The lowest BCUT2D eigenvalue weighted by atomic mass is 10.0. The summed E-state index contributed by atoms with van der Waals surface area (Å²) in [5.74, 6) is -0.407. The minimum absolute atomic E-state index is 0.0800. The van der Waals surface area contributed by atoms with Crippen molar-refractivity contribution >= 4 is 11.8 Å². The molecule has 136 valence electrons. The van der Waals surface area contributed by atoms with Crippen molar-refractivity contribution in [2.24, 2.45) is 0 Å². The summed E-state index contributed by atoms with van der Waals surface area (Å²) in [6, 6.07) is 6.49. The van der Waals surface area contributed by atoms with Crippen LogP contribution in [0, 0.1) is 5.82 Å². The maximum Gasteiger partial charge on any atom is 0.242 e. The number of nitrogens with zero attached hydrogens (tertiary/aromatic N) is 1. The highest BCUT2D eigenvalue weighted by atomic mass is 19.1. The van der Waals surface area contributed by atoms with Crippen LogP contribution in [0.5, 0.6) is 0 Å². The highest BCUT2D eigenvalue weighted by molar-refractivity contribution is 5.88. The van der Waals surface area contributed by atoms with Gasteiger partial charge in [0.1, 0.15) is 11.9 Å². The molecule has 3 rings (SSSR count). The summed E-state index contributed by atoms with van der Waals surface area (Å²) in [6.45, 7) is 1.85. The molecule has 6 heteroatoms. The molecule has 0 aromatic heterocycles. The van der Waals surface area contributed by atoms with E-state index in [0.717, 1.165) is 44.2 Å². The van der Waals surface area contributed by atoms with Crippen molar-refractivity contribution in [2.45, 2.75) is 50.6 Å². The fraction of sp³-hybridized carbons (Fsp3) is 0.579. The minimum atomic E-state index is -0.417. The second-order valence-electron chi connectivity index (χ2n) is 7.01. The third-order valence-corrected chi connectivity index (χ3v) is 5.08. The molecule has 2 saturated heterocycles. The number of carbonyl (C=O) groups excluding carboxylic acids is 2. The highest BCUT2D eigenvalue weighted by Gasteiger charge is 2.28. The molecule has 2 aliphatic rings. The first-order valence-corrected chi connectivity index (χ1v) is 9.17. The average molecular weight is 347 g/mol. The van der Waals surface area contributed by atoms with Crippen molar-refractivity contribution in [1.82, 2.24) is 15.5 Å². The summed E-state index contributed by atoms with van der Waals surface area (Å²) >= 11 is 0. The predicted molar refractivity (Wildman–Crippen MR) is 93.5 cm³/mol. The SMILES string of the molecule is O=C(CN1CCC[C@@H]1Cc1cccc(F)c1)N[C@@H]1CCCCNC1=O. The number of likely N-dealkylation sites (tertiary alicyclic amines) is 1. The van der Waals surface area contributed by atoms with E-state index in [1.54, 1.807) is 12.1 Å². The van der Waals surface area contributed by atoms with Crippen LogP contribution in [0.15, 0.2) is 24.3 Å². The Hall–Kier alpha value is -1.95. The van der Waals surface area contributed by atoms with Gasteiger partial charge in [0.2, 0.25) is 11.8 Å². The molecule has 2 heterocycles. The Morgan fingerprint density at radius 2 is 2.16 bits per heavy atom. The van der Waals surface area contributed by atoms with Gasteiger partial charge in [-0.3, -0.25) is 14.5 Å². The molecule has 0 bridgehead atoms. The van der Waals surface area contributed by atoms with Crippen molar-refractivity contribution in [3.8, 4) is 0 Å². The Bertz CT molecular complexity index is 622. The van der Waals surface area contributed by atoms with Gasteiger partial charge in [-0.2, -0.15) is 0 Å². The average Bonchev–Trinajstić information content (AvgIpc) is 2.89. The van der Waals surface area contributed by atoms with Crippen LogP contribution in [0.2, 0.25) is 0 Å². The molecule has 0 spiro atoms. The lowest BCUT2D eigenvalue weighted by Gasteiger charge is -2.25. The zero-order chi connectivity index (χ0) is 17.6. The van der Waals surface area contributed by atoms with E-state index in [1.807, 2.05) is 6.07 Å². The van der Waals surface area contributed by atoms with Gasteiger partial charge in [-0.25, -0.2) is 4.39 Å². The van der Waals surface area contributed by atoms with Gasteiger partial charge in [-0.1, -0.05) is 12.1 Å². The second kappa shape index (κ2) is 8.43. The van der Waals surface area contributed by atoms with E-state index in [-0.39, 0.29) is 23.7 Å². The van der Waals surface area contributed by atoms with Gasteiger partial charge in [0.15, 0.2) is 0 Å². The Labute approximate surface area is 148 Å². The molecule has 0 aliphatic carbocycles. The fourth-order valence-electron chi connectivity index (χ4n) is 3.77. The summed E-state index contributed by atoms with van der Waals surface area (Å²) < 4.78 is 13.4. The van der Waals surface area contributed by atoms with Crippen LogP contribution in [-0.2, 0) is 16.0 Å². The maximum atomic E-state index is 13.4. The van der Waals surface area contributed by atoms with Crippen LogP contribution in [0.1, 0.15) is 37.7 Å². The Balaban J connectivity index is 1.53. The molecule has 5 nitrogen and oxygen atoms in total. The number of amides is 2. The van der Waals surface area contributed by atoms with E-state index in [1.165, 1.54) is 6.07 Å². The van der Waals surface area contributed by atoms with Crippen molar-refractivity contribution in [1.29, 1.82) is 0 Å². The van der Waals surface area contributed by atoms with Crippen LogP contribution >= 0.6 is 0 Å². The molecular formula is C19H26FN3O2. The summed E-state index contributed by atoms with van der Waals surface area (Å²) in [5, 5.41) is 5.71. The van der Waals surface area contributed by atoms with Crippen LogP contribution in [0.25, 0.3) is 0 Å². The summed E-state index contributed by atoms with van der Waals surface area (Å²) in [6.07, 6.45) is 5.39. The zero-order valence-corrected chi connectivity index (χ0v) is 14.5. The summed E-state index contributed by atoms with van der Waals surface area (Å²) in [5.41, 5.74) is 0.959. The number of nitrogens with one attached hydrogen (secondary N) is 2. The monoisotopic (exact) mass is 347 g/mol. The molecule has 2 amide bonds. The smallest absolute Gasteiger partial charge is 0.242 e. The lowest BCUT2D eigenvalue weighted by molar-refractivity contribution is -0.129. The Kier molecular flexibility index (Phi) is 6.02. The van der Waals surface area contributed by atoms with Crippen LogP contribution in [-0.4, -0.2) is 48.4 Å². The summed E-state index contributed by atoms with van der Waals surface area (Å²) in [7, 11) is 0. The van der Waals surface area contributed by atoms with Gasteiger partial charge >= 0.3 is 0 Å². The van der Waals surface area contributed by atoms with E-state index in [2.05, 4.69) is 15.5 Å². The largest absolute Gasteiger partial charge is 0.354 e. The molecule has 2 atom stereocenters. The van der Waals surface area contributed by atoms with E-state index in [9.17, 15) is 14.0 Å². The number of rotatable bonds is 5. The topological polar surface area (TPSA) is 61.4 Å². The first-order chi connectivity index (χ1) is 12.1. The number of hydrogen-bond donors (Lipinski definition) is 2. The lowest BCUT2D eigenvalue weighted by Crippen LogP contribution is -2.49. The highest BCUT2D eigenvalue weighted by Crippen LogP contribution is 2.21. The number of hydrogen-bond acceptors (Lipinski definition) is 3. The fourth-order valence-corrected chi connectivity index (χ4v) is 3.77. The van der Waals surface area contributed by atoms with Gasteiger partial charge in [-0.15, -0.1) is 0 Å². The quantitative estimate of drug-likeness (QED) is 0.851. The first-order valence-electron chi connectivity index (χ1n) is 9.17. The predicted octanol–water partition coefficient (Wildman–Crippen LogP) is 1.62. The van der Waals surface area contributed by atoms with Gasteiger partial charge in [0, 0.05) is 12.6 Å². The van der Waals surface area contributed by atoms with E-state index in [0.29, 0.717) is 19.5 Å². The van der Waals surface area contributed by atoms with Crippen molar-refractivity contribution in [3.63, 3.8) is 0 Å². The molecule has 0 saturated carbocycles. The molecule has 1 aromatic carbocycles. The summed E-state index contributed by atoms with van der Waals surface area (Å²) in [4.78, 5) is 26.5. The van der Waals surface area contributed by atoms with Gasteiger partial charge in [0.05, 0.1) is 6.54 Å². The third-order valence-electron chi connectivity index (χ3n) is 5.08. The van der Waals surface area contributed by atoms with Crippen LogP contribution in [0.3, 0.4) is 0 Å². The molecule has 0 unspecified atom stereocenters. The Morgan fingerprint density at radius 3 is 3.00 bits per heavy atom. The Morgan fingerprint density at radius 1 is 1.28 bits per heavy atom. The minimum Gasteiger partial charge on any atom is -0.354 e. The normalized spacial score (nSPS) is 24.6. The number of carbonyl (C=O) groups is 2. The molecule has 2 N–H and O–H groups in total. The van der Waals surface area contributed by atoms with Crippen molar-refractivity contribution in [3.05, 3.63) is 35.6 Å². The molecule has 1 aromatic rings. The number of halogens is 1. The van der Waals surface area contributed by atoms with Crippen molar-refractivity contribution in [2.75, 3.05) is 19.6 Å². The van der Waals surface area contributed by atoms with E-state index >= 15 is 0 Å². The molecule has 2 aliphatic heterocycles. The molecule has 0 radical (unpaired) electrons. The first kappa shape index (κ1) is 17.9. The van der Waals surface area contributed by atoms with Gasteiger partial charge < -0.3 is 10.6 Å². The van der Waals surface area contributed by atoms with Gasteiger partial charge in [0.25, 0.3) is 0 Å². The van der Waals surface area contributed by atoms with Gasteiger partial charge in [-0.05, 0) is 62.8 Å². The molecule has 25 heavy (non-hydrogen) atoms. The molecular weight excluding hydrogens is 321 g/mol. The molecule has 2 fully saturated rings. The van der Waals surface area contributed by atoms with Crippen molar-refractivity contribution < 1.29 is 14.0 Å². The second-order valence-corrected chi connectivity index (χ2v) is 7.01. The van der Waals surface area contributed by atoms with E-state index < -0.39 is 6.04 Å². The van der Waals surface area contributed by atoms with E-state index in [4.69, 9.17) is 0 Å². The van der Waals surface area contributed by atoms with Crippen LogP contribution in [0.4, 0.5) is 4.39 Å². The standard InChI is InChI=1S/C19H26FN3O2/c20-15-6-3-5-14(11-15)12-16-7-4-10-23(16)13-18(24)22-17-8-1-2-9-21-19(17)25/h3,5-6,11,16-17H,1-2,4,7-10,12-13H2,(H,21,25)(H,22,24)/t16-,17-/m1/s1.